The molecule has 3 nitrogen and oxygen atoms in total. The minimum atomic E-state index is -0.323. The molecule has 19 heavy (non-hydrogen) atoms. The van der Waals surface area contributed by atoms with Crippen LogP contribution in [0.3, 0.4) is 0 Å². The van der Waals surface area contributed by atoms with E-state index in [4.69, 9.17) is 28.9 Å². The highest BCUT2D eigenvalue weighted by molar-refractivity contribution is 14.1. The Kier molecular flexibility index (Phi) is 5.11. The van der Waals surface area contributed by atoms with Gasteiger partial charge in [0.15, 0.2) is 0 Å². The summed E-state index contributed by atoms with van der Waals surface area (Å²) in [5.74, 6) is 0. The Morgan fingerprint density at radius 2 is 2.11 bits per heavy atom. The summed E-state index contributed by atoms with van der Waals surface area (Å²) in [5.41, 5.74) is 8.07. The first-order valence-electron chi connectivity index (χ1n) is 5.96. The second-order valence-electron chi connectivity index (χ2n) is 4.25. The van der Waals surface area contributed by atoms with Crippen LogP contribution in [0.2, 0.25) is 10.0 Å². The predicted octanol–water partition coefficient (Wildman–Crippen LogP) is 4.25. The summed E-state index contributed by atoms with van der Waals surface area (Å²) in [4.78, 5) is 0. The number of nitrogens with zero attached hydrogens (tertiary/aromatic N) is 2. The number of hydrogen-bond acceptors (Lipinski definition) is 2. The topological polar surface area (TPSA) is 43.8 Å². The van der Waals surface area contributed by atoms with Crippen molar-refractivity contribution >= 4 is 45.8 Å². The van der Waals surface area contributed by atoms with Crippen LogP contribution in [-0.4, -0.2) is 9.78 Å². The zero-order valence-corrected chi connectivity index (χ0v) is 14.1. The van der Waals surface area contributed by atoms with Gasteiger partial charge in [0, 0.05) is 10.1 Å². The molecule has 2 N–H and O–H groups in total. The first-order chi connectivity index (χ1) is 9.04. The first-order valence-corrected chi connectivity index (χ1v) is 7.79. The molecule has 2 aromatic rings. The molecule has 0 spiro atoms. The van der Waals surface area contributed by atoms with Gasteiger partial charge in [-0.1, -0.05) is 36.2 Å². The van der Waals surface area contributed by atoms with Crippen molar-refractivity contribution < 1.29 is 0 Å². The van der Waals surface area contributed by atoms with Crippen molar-refractivity contribution in [3.8, 4) is 0 Å². The van der Waals surface area contributed by atoms with Gasteiger partial charge in [0.25, 0.3) is 0 Å². The number of rotatable bonds is 4. The largest absolute Gasteiger partial charge is 0.319 e. The van der Waals surface area contributed by atoms with Gasteiger partial charge in [-0.25, -0.2) is 0 Å². The number of hydrogen-bond donors (Lipinski definition) is 1. The highest BCUT2D eigenvalue weighted by atomic mass is 127. The van der Waals surface area contributed by atoms with Crippen molar-refractivity contribution in [2.45, 2.75) is 25.9 Å². The fraction of sp³-hybridized carbons (Fsp3) is 0.308. The third kappa shape index (κ3) is 3.24. The van der Waals surface area contributed by atoms with Crippen LogP contribution >= 0.6 is 45.8 Å². The molecule has 0 saturated carbocycles. The van der Waals surface area contributed by atoms with Crippen LogP contribution in [0, 0.1) is 3.57 Å². The average molecular weight is 410 g/mol. The fourth-order valence-electron chi connectivity index (χ4n) is 1.93. The summed E-state index contributed by atoms with van der Waals surface area (Å²) in [5, 5.41) is 5.56. The molecule has 1 heterocycles. The summed E-state index contributed by atoms with van der Waals surface area (Å²) in [6, 6.07) is 5.48. The molecule has 102 valence electrons. The van der Waals surface area contributed by atoms with Crippen molar-refractivity contribution in [3.05, 3.63) is 49.3 Å². The lowest BCUT2D eigenvalue weighted by atomic mass is 10.0. The summed E-state index contributed by atoms with van der Waals surface area (Å²) < 4.78 is 2.86. The Balaban J connectivity index is 2.40. The molecule has 6 heteroatoms. The van der Waals surface area contributed by atoms with Crippen LogP contribution < -0.4 is 5.73 Å². The van der Waals surface area contributed by atoms with E-state index in [9.17, 15) is 0 Å². The Morgan fingerprint density at radius 1 is 1.37 bits per heavy atom. The van der Waals surface area contributed by atoms with E-state index in [1.54, 1.807) is 6.20 Å². The molecule has 0 radical (unpaired) electrons. The van der Waals surface area contributed by atoms with E-state index in [1.165, 1.54) is 0 Å². The van der Waals surface area contributed by atoms with Crippen molar-refractivity contribution in [2.75, 3.05) is 0 Å². The highest BCUT2D eigenvalue weighted by Gasteiger charge is 2.19. The van der Waals surface area contributed by atoms with Gasteiger partial charge >= 0.3 is 0 Å². The number of halogens is 3. The highest BCUT2D eigenvalue weighted by Crippen LogP contribution is 2.29. The first kappa shape index (κ1) is 15.1. The Hall–Kier alpha value is -0.300. The van der Waals surface area contributed by atoms with Crippen LogP contribution in [0.25, 0.3) is 0 Å². The lowest BCUT2D eigenvalue weighted by molar-refractivity contribution is 0.560. The molecule has 1 atom stereocenters. The van der Waals surface area contributed by atoms with E-state index >= 15 is 0 Å². The quantitative estimate of drug-likeness (QED) is 0.767. The Bertz CT molecular complexity index is 583. The normalized spacial score (nSPS) is 12.7. The van der Waals surface area contributed by atoms with Gasteiger partial charge in [-0.15, -0.1) is 0 Å². The van der Waals surface area contributed by atoms with Crippen LogP contribution in [-0.2, 0) is 6.54 Å². The van der Waals surface area contributed by atoms with Crippen LogP contribution in [0.15, 0.2) is 24.4 Å². The summed E-state index contributed by atoms with van der Waals surface area (Å²) in [7, 11) is 0. The summed E-state index contributed by atoms with van der Waals surface area (Å²) >= 11 is 14.5. The smallest absolute Gasteiger partial charge is 0.0837 e. The van der Waals surface area contributed by atoms with E-state index < -0.39 is 0 Å². The number of nitrogens with two attached hydrogens (primary N) is 1. The Labute approximate surface area is 136 Å². The summed E-state index contributed by atoms with van der Waals surface area (Å²) in [6.45, 7) is 2.89. The van der Waals surface area contributed by atoms with Crippen LogP contribution in [0.5, 0.6) is 0 Å². The minimum Gasteiger partial charge on any atom is -0.319 e. The number of aryl methyl sites for hydroxylation is 1. The molecule has 0 aliphatic heterocycles. The zero-order chi connectivity index (χ0) is 14.0. The van der Waals surface area contributed by atoms with Crippen LogP contribution in [0.4, 0.5) is 0 Å². The summed E-state index contributed by atoms with van der Waals surface area (Å²) in [6.07, 6.45) is 2.62. The van der Waals surface area contributed by atoms with E-state index in [2.05, 4.69) is 34.6 Å². The van der Waals surface area contributed by atoms with Gasteiger partial charge < -0.3 is 5.73 Å². The van der Waals surface area contributed by atoms with E-state index in [-0.39, 0.29) is 6.04 Å². The molecular weight excluding hydrogens is 396 g/mol. The van der Waals surface area contributed by atoms with E-state index in [0.717, 1.165) is 27.8 Å². The van der Waals surface area contributed by atoms with Crippen molar-refractivity contribution in [3.63, 3.8) is 0 Å². The average Bonchev–Trinajstić information content (AvgIpc) is 2.74. The molecule has 0 bridgehead atoms. The monoisotopic (exact) mass is 409 g/mol. The molecule has 0 aliphatic rings. The lowest BCUT2D eigenvalue weighted by Crippen LogP contribution is -2.18. The SMILES string of the molecule is CCCn1ncc(Cl)c1C(N)c1ccc(I)c(Cl)c1. The van der Waals surface area contributed by atoms with E-state index in [0.29, 0.717) is 10.0 Å². The molecule has 1 aromatic carbocycles. The lowest BCUT2D eigenvalue weighted by Gasteiger charge is -2.15. The van der Waals surface area contributed by atoms with Crippen molar-refractivity contribution in [2.24, 2.45) is 5.73 Å². The molecule has 0 fully saturated rings. The molecule has 2 rings (SSSR count). The Morgan fingerprint density at radius 3 is 2.74 bits per heavy atom. The van der Waals surface area contributed by atoms with Gasteiger partial charge in [0.1, 0.15) is 0 Å². The molecular formula is C13H14Cl2IN3. The maximum absolute atomic E-state index is 6.31. The standard InChI is InChI=1S/C13H14Cl2IN3/c1-2-5-19-13(10(15)7-18-19)12(17)8-3-4-11(16)9(14)6-8/h3-4,6-7,12H,2,5,17H2,1H3. The second kappa shape index (κ2) is 6.43. The third-order valence-electron chi connectivity index (χ3n) is 2.87. The van der Waals surface area contributed by atoms with Crippen molar-refractivity contribution in [1.82, 2.24) is 9.78 Å². The molecule has 0 saturated heterocycles. The van der Waals surface area contributed by atoms with Gasteiger partial charge in [-0.05, 0) is 46.7 Å². The minimum absolute atomic E-state index is 0.323. The number of benzene rings is 1. The van der Waals surface area contributed by atoms with E-state index in [1.807, 2.05) is 22.9 Å². The maximum Gasteiger partial charge on any atom is 0.0837 e. The predicted molar refractivity (Wildman–Crippen MR) is 87.7 cm³/mol. The van der Waals surface area contributed by atoms with Gasteiger partial charge in [0.05, 0.1) is 28.0 Å². The van der Waals surface area contributed by atoms with Crippen molar-refractivity contribution in [1.29, 1.82) is 0 Å². The second-order valence-corrected chi connectivity index (χ2v) is 6.23. The molecule has 1 unspecified atom stereocenters. The maximum atomic E-state index is 6.31. The van der Waals surface area contributed by atoms with Gasteiger partial charge in [-0.3, -0.25) is 4.68 Å². The van der Waals surface area contributed by atoms with Crippen LogP contribution in [0.1, 0.15) is 30.6 Å². The zero-order valence-electron chi connectivity index (χ0n) is 10.4. The van der Waals surface area contributed by atoms with Gasteiger partial charge in [-0.2, -0.15) is 5.10 Å². The fourth-order valence-corrected chi connectivity index (χ4v) is 2.72. The molecule has 0 amide bonds. The van der Waals surface area contributed by atoms with Gasteiger partial charge in [0.2, 0.25) is 0 Å². The molecule has 0 aliphatic carbocycles. The molecule has 1 aromatic heterocycles. The number of aromatic nitrogens is 2. The third-order valence-corrected chi connectivity index (χ3v) is 4.73.